The topological polar surface area (TPSA) is 106 Å². The van der Waals surface area contributed by atoms with Gasteiger partial charge < -0.3 is 19.6 Å². The average molecular weight is 452 g/mol. The number of aryl methyl sites for hydroxylation is 2. The minimum absolute atomic E-state index is 0.332. The average Bonchev–Trinajstić information content (AvgIpc) is 2.79. The number of nitrogens with one attached hydrogen (secondary N) is 1. The minimum atomic E-state index is -1.08. The monoisotopic (exact) mass is 451 g/mol. The van der Waals surface area contributed by atoms with Crippen LogP contribution in [0.5, 0.6) is 5.75 Å². The van der Waals surface area contributed by atoms with Crippen molar-refractivity contribution >= 4 is 22.8 Å². The van der Waals surface area contributed by atoms with Gasteiger partial charge in [-0.25, -0.2) is 9.59 Å². The Labute approximate surface area is 192 Å². The van der Waals surface area contributed by atoms with Crippen LogP contribution >= 0.6 is 0 Å². The molecule has 7 nitrogen and oxygen atoms in total. The van der Waals surface area contributed by atoms with Crippen molar-refractivity contribution in [2.45, 2.75) is 59.1 Å². The molecule has 0 saturated heterocycles. The molecule has 7 heteroatoms. The number of carbonyl (C=O) groups is 2. The number of amides is 1. The summed E-state index contributed by atoms with van der Waals surface area (Å²) < 4.78 is 11.5. The number of rotatable bonds is 9. The van der Waals surface area contributed by atoms with Gasteiger partial charge in [0.2, 0.25) is 0 Å². The lowest BCUT2D eigenvalue weighted by Crippen LogP contribution is -2.46. The van der Waals surface area contributed by atoms with E-state index >= 15 is 0 Å². The molecule has 0 radical (unpaired) electrons. The largest absolute Gasteiger partial charge is 0.480 e. The third kappa shape index (κ3) is 5.42. The molecule has 2 atom stereocenters. The van der Waals surface area contributed by atoms with Crippen molar-refractivity contribution in [3.63, 3.8) is 0 Å². The van der Waals surface area contributed by atoms with Gasteiger partial charge in [0.25, 0.3) is 5.91 Å². The van der Waals surface area contributed by atoms with Crippen molar-refractivity contribution in [1.82, 2.24) is 5.32 Å². The molecule has 0 aliphatic heterocycles. The highest BCUT2D eigenvalue weighted by atomic mass is 16.5. The summed E-state index contributed by atoms with van der Waals surface area (Å²) >= 11 is 0. The number of aliphatic carboxylic acids is 1. The molecular weight excluding hydrogens is 422 g/mol. The van der Waals surface area contributed by atoms with Crippen LogP contribution in [-0.2, 0) is 16.0 Å². The maximum atomic E-state index is 12.8. The molecule has 0 unspecified atom stereocenters. The van der Waals surface area contributed by atoms with E-state index < -0.39 is 29.6 Å². The van der Waals surface area contributed by atoms with E-state index in [2.05, 4.69) is 5.32 Å². The third-order valence-corrected chi connectivity index (χ3v) is 5.74. The van der Waals surface area contributed by atoms with Gasteiger partial charge in [-0.3, -0.25) is 4.79 Å². The van der Waals surface area contributed by atoms with Gasteiger partial charge in [0.05, 0.1) is 0 Å². The SMILES string of the molecule is CCC[C@H](NC(=O)[C@@H](C)Oc1ccc2c(C)c(Cc3ccccc3)c(=O)oc2c1C)C(=O)O. The van der Waals surface area contributed by atoms with Crippen LogP contribution in [0.2, 0.25) is 0 Å². The number of hydrogen-bond donors (Lipinski definition) is 2. The molecule has 2 aromatic carbocycles. The molecule has 3 rings (SSSR count). The summed E-state index contributed by atoms with van der Waals surface area (Å²) in [4.78, 5) is 36.6. The van der Waals surface area contributed by atoms with E-state index in [-0.39, 0.29) is 0 Å². The van der Waals surface area contributed by atoms with Crippen LogP contribution in [0.15, 0.2) is 51.7 Å². The Kier molecular flexibility index (Phi) is 7.53. The van der Waals surface area contributed by atoms with Crippen LogP contribution in [0.3, 0.4) is 0 Å². The van der Waals surface area contributed by atoms with Gasteiger partial charge in [-0.1, -0.05) is 43.7 Å². The number of carbonyl (C=O) groups excluding carboxylic acids is 1. The Morgan fingerprint density at radius 2 is 1.79 bits per heavy atom. The molecule has 33 heavy (non-hydrogen) atoms. The van der Waals surface area contributed by atoms with E-state index in [4.69, 9.17) is 9.15 Å². The number of benzene rings is 2. The van der Waals surface area contributed by atoms with E-state index in [1.165, 1.54) is 0 Å². The van der Waals surface area contributed by atoms with E-state index in [1.807, 2.05) is 50.2 Å². The number of carboxylic acids is 1. The molecule has 3 aromatic rings. The maximum Gasteiger partial charge on any atom is 0.340 e. The highest BCUT2D eigenvalue weighted by Gasteiger charge is 2.24. The van der Waals surface area contributed by atoms with Crippen LogP contribution in [0, 0.1) is 13.8 Å². The zero-order chi connectivity index (χ0) is 24.1. The van der Waals surface area contributed by atoms with Gasteiger partial charge in [-0.15, -0.1) is 0 Å². The predicted octanol–water partition coefficient (Wildman–Crippen LogP) is 4.14. The van der Waals surface area contributed by atoms with Crippen LogP contribution in [-0.4, -0.2) is 29.1 Å². The fourth-order valence-corrected chi connectivity index (χ4v) is 3.78. The summed E-state index contributed by atoms with van der Waals surface area (Å²) in [7, 11) is 0. The summed E-state index contributed by atoms with van der Waals surface area (Å²) in [6, 6.07) is 12.3. The predicted molar refractivity (Wildman–Crippen MR) is 126 cm³/mol. The molecule has 0 aliphatic rings. The second-order valence-corrected chi connectivity index (χ2v) is 8.17. The van der Waals surface area contributed by atoms with E-state index in [0.717, 1.165) is 16.5 Å². The fourth-order valence-electron chi connectivity index (χ4n) is 3.78. The first-order valence-corrected chi connectivity index (χ1v) is 11.0. The Morgan fingerprint density at radius 1 is 1.09 bits per heavy atom. The van der Waals surface area contributed by atoms with Gasteiger partial charge in [0.1, 0.15) is 17.4 Å². The molecule has 0 spiro atoms. The van der Waals surface area contributed by atoms with Crippen LogP contribution in [0.4, 0.5) is 0 Å². The standard InChI is InChI=1S/C26H29NO6/c1-5-9-21(25(29)30)27-24(28)17(4)32-22-13-12-19-15(2)20(14-18-10-7-6-8-11-18)26(31)33-23(19)16(22)3/h6-8,10-13,17,21H,5,9,14H2,1-4H3,(H,27,28)(H,29,30)/t17-,21+/m1/s1. The Bertz CT molecular complexity index is 1210. The van der Waals surface area contributed by atoms with Crippen LogP contribution < -0.4 is 15.7 Å². The Hall–Kier alpha value is -3.61. The zero-order valence-corrected chi connectivity index (χ0v) is 19.3. The highest BCUT2D eigenvalue weighted by molar-refractivity contribution is 5.87. The molecule has 174 valence electrons. The van der Waals surface area contributed by atoms with Crippen molar-refractivity contribution < 1.29 is 23.8 Å². The second kappa shape index (κ2) is 10.3. The lowest BCUT2D eigenvalue weighted by atomic mass is 9.98. The number of hydrogen-bond acceptors (Lipinski definition) is 5. The first-order chi connectivity index (χ1) is 15.7. The van der Waals surface area contributed by atoms with Gasteiger partial charge >= 0.3 is 11.6 Å². The lowest BCUT2D eigenvalue weighted by molar-refractivity contribution is -0.143. The molecule has 0 aliphatic carbocycles. The highest BCUT2D eigenvalue weighted by Crippen LogP contribution is 2.30. The molecule has 0 bridgehead atoms. The summed E-state index contributed by atoms with van der Waals surface area (Å²) in [6.07, 6.45) is 0.506. The van der Waals surface area contributed by atoms with Crippen LogP contribution in [0.25, 0.3) is 11.0 Å². The number of fused-ring (bicyclic) bond motifs is 1. The van der Waals surface area contributed by atoms with Crippen molar-refractivity contribution in [3.8, 4) is 5.75 Å². The van der Waals surface area contributed by atoms with Crippen LogP contribution in [0.1, 0.15) is 48.9 Å². The van der Waals surface area contributed by atoms with E-state index in [0.29, 0.717) is 41.7 Å². The van der Waals surface area contributed by atoms with E-state index in [9.17, 15) is 19.5 Å². The minimum Gasteiger partial charge on any atom is -0.480 e. The molecule has 2 N–H and O–H groups in total. The first kappa shape index (κ1) is 24.0. The number of carboxylic acid groups (broad SMARTS) is 1. The lowest BCUT2D eigenvalue weighted by Gasteiger charge is -2.20. The quantitative estimate of drug-likeness (QED) is 0.474. The molecule has 0 fully saturated rings. The van der Waals surface area contributed by atoms with Crippen molar-refractivity contribution in [2.24, 2.45) is 0 Å². The van der Waals surface area contributed by atoms with Crippen molar-refractivity contribution in [2.75, 3.05) is 0 Å². The number of ether oxygens (including phenoxy) is 1. The van der Waals surface area contributed by atoms with Crippen molar-refractivity contribution in [3.05, 3.63) is 75.1 Å². The second-order valence-electron chi connectivity index (χ2n) is 8.17. The Morgan fingerprint density at radius 3 is 2.42 bits per heavy atom. The zero-order valence-electron chi connectivity index (χ0n) is 19.3. The van der Waals surface area contributed by atoms with Gasteiger partial charge in [-0.05, 0) is 50.5 Å². The molecular formula is C26H29NO6. The smallest absolute Gasteiger partial charge is 0.340 e. The summed E-state index contributed by atoms with van der Waals surface area (Å²) in [6.45, 7) is 7.06. The molecule has 1 aromatic heterocycles. The summed E-state index contributed by atoms with van der Waals surface area (Å²) in [5.41, 5.74) is 3.07. The van der Waals surface area contributed by atoms with Gasteiger partial charge in [0.15, 0.2) is 6.10 Å². The fraction of sp³-hybridized carbons (Fsp3) is 0.346. The van der Waals surface area contributed by atoms with Gasteiger partial charge in [-0.2, -0.15) is 0 Å². The van der Waals surface area contributed by atoms with Crippen molar-refractivity contribution in [1.29, 1.82) is 0 Å². The van der Waals surface area contributed by atoms with Gasteiger partial charge in [0, 0.05) is 22.9 Å². The Balaban J connectivity index is 1.86. The molecule has 1 amide bonds. The third-order valence-electron chi connectivity index (χ3n) is 5.74. The molecule has 0 saturated carbocycles. The summed E-state index contributed by atoms with van der Waals surface area (Å²) in [5, 5.41) is 12.6. The maximum absolute atomic E-state index is 12.8. The molecule has 1 heterocycles. The van der Waals surface area contributed by atoms with E-state index in [1.54, 1.807) is 19.9 Å². The normalized spacial score (nSPS) is 12.8. The first-order valence-electron chi connectivity index (χ1n) is 11.0. The summed E-state index contributed by atoms with van der Waals surface area (Å²) in [5.74, 6) is -1.21.